The van der Waals surface area contributed by atoms with Gasteiger partial charge in [0.2, 0.25) is 5.88 Å². The molecule has 12 heteroatoms. The molecular weight excluding hydrogens is 440 g/mol. The highest BCUT2D eigenvalue weighted by molar-refractivity contribution is 8.13. The first-order chi connectivity index (χ1) is 13.9. The molecule has 0 spiro atoms. The number of nitrogens with one attached hydrogen (secondary N) is 1. The van der Waals surface area contributed by atoms with Crippen LogP contribution < -0.4 is 15.8 Å². The summed E-state index contributed by atoms with van der Waals surface area (Å²) in [6, 6.07) is 3.86. The molecule has 1 fully saturated rings. The van der Waals surface area contributed by atoms with Gasteiger partial charge in [-0.25, -0.2) is 23.7 Å². The number of carbonyl (C=O) groups is 1. The minimum atomic E-state index is -1.91. The molecule has 8 nitrogen and oxygen atoms in total. The highest BCUT2D eigenvalue weighted by atomic mass is 35.5. The van der Waals surface area contributed by atoms with E-state index in [1.165, 1.54) is 31.6 Å². The molecule has 1 saturated heterocycles. The average molecular weight is 458 g/mol. The van der Waals surface area contributed by atoms with Gasteiger partial charge in [0.1, 0.15) is 11.5 Å². The lowest BCUT2D eigenvalue weighted by atomic mass is 9.79. The fraction of sp³-hybridized carbons (Fsp3) is 0.333. The van der Waals surface area contributed by atoms with Crippen molar-refractivity contribution in [3.05, 3.63) is 47.7 Å². The number of methoxy groups -OCH3 is 1. The van der Waals surface area contributed by atoms with E-state index in [4.69, 9.17) is 15.2 Å². The van der Waals surface area contributed by atoms with Gasteiger partial charge >= 0.3 is 0 Å². The molecule has 2 aliphatic rings. The van der Waals surface area contributed by atoms with Gasteiger partial charge in [-0.1, -0.05) is 11.8 Å². The Morgan fingerprint density at radius 2 is 2.13 bits per heavy atom. The minimum absolute atomic E-state index is 0. The molecule has 0 aliphatic carbocycles. The van der Waals surface area contributed by atoms with Crippen LogP contribution in [0, 0.1) is 5.82 Å². The number of hydrogen-bond acceptors (Lipinski definition) is 8. The van der Waals surface area contributed by atoms with E-state index >= 15 is 4.39 Å². The number of amidine groups is 1. The quantitative estimate of drug-likeness (QED) is 0.724. The maximum Gasteiger partial charge on any atom is 0.275 e. The second-order valence-electron chi connectivity index (χ2n) is 6.65. The summed E-state index contributed by atoms with van der Waals surface area (Å²) in [5.41, 5.74) is 2.56. The van der Waals surface area contributed by atoms with E-state index in [2.05, 4.69) is 20.3 Å². The van der Waals surface area contributed by atoms with Gasteiger partial charge < -0.3 is 20.5 Å². The lowest BCUT2D eigenvalue weighted by Gasteiger charge is -2.38. The summed E-state index contributed by atoms with van der Waals surface area (Å²) in [7, 11) is 1.43. The van der Waals surface area contributed by atoms with Crippen LogP contribution in [0.15, 0.2) is 35.6 Å². The third-order valence-corrected chi connectivity index (χ3v) is 5.86. The Hall–Kier alpha value is -2.50. The van der Waals surface area contributed by atoms with Crippen molar-refractivity contribution < 1.29 is 23.0 Å². The number of thioether (sulfide) groups is 1. The molecular formula is C18H18ClF2N5O3S. The van der Waals surface area contributed by atoms with E-state index in [-0.39, 0.29) is 59.4 Å². The first kappa shape index (κ1) is 22.2. The molecule has 3 N–H and O–H groups in total. The molecule has 3 heterocycles. The summed E-state index contributed by atoms with van der Waals surface area (Å²) in [5, 5.41) is 2.76. The number of halogens is 3. The lowest BCUT2D eigenvalue weighted by Crippen LogP contribution is -2.52. The second kappa shape index (κ2) is 8.32. The molecule has 1 amide bonds. The monoisotopic (exact) mass is 457 g/mol. The maximum absolute atomic E-state index is 15.6. The smallest absolute Gasteiger partial charge is 0.275 e. The largest absolute Gasteiger partial charge is 0.480 e. The summed E-state index contributed by atoms with van der Waals surface area (Å²) >= 11 is 1.06. The summed E-state index contributed by atoms with van der Waals surface area (Å²) < 4.78 is 40.6. The number of ether oxygens (including phenoxy) is 2. The lowest BCUT2D eigenvalue weighted by molar-refractivity contribution is 0.102. The van der Waals surface area contributed by atoms with Crippen molar-refractivity contribution >= 4 is 40.9 Å². The van der Waals surface area contributed by atoms with E-state index in [1.807, 2.05) is 0 Å². The van der Waals surface area contributed by atoms with Crippen LogP contribution in [0.5, 0.6) is 5.88 Å². The number of rotatable bonds is 4. The van der Waals surface area contributed by atoms with Crippen LogP contribution >= 0.6 is 24.2 Å². The summed E-state index contributed by atoms with van der Waals surface area (Å²) in [5.74, 6) is -0.967. The first-order valence-corrected chi connectivity index (χ1v) is 9.58. The van der Waals surface area contributed by atoms with Crippen molar-refractivity contribution in [2.45, 2.75) is 11.2 Å². The third kappa shape index (κ3) is 3.68. The van der Waals surface area contributed by atoms with Crippen LogP contribution in [0.25, 0.3) is 0 Å². The van der Waals surface area contributed by atoms with Gasteiger partial charge in [0.05, 0.1) is 32.7 Å². The van der Waals surface area contributed by atoms with Crippen molar-refractivity contribution in [2.75, 3.05) is 31.4 Å². The number of nitrogens with two attached hydrogens (primary N) is 1. The number of alkyl halides is 1. The zero-order valence-corrected chi connectivity index (χ0v) is 17.4. The normalized spacial score (nSPS) is 25.0. The molecule has 2 atom stereocenters. The van der Waals surface area contributed by atoms with Gasteiger partial charge in [0.25, 0.3) is 5.91 Å². The number of anilines is 1. The van der Waals surface area contributed by atoms with E-state index in [1.54, 1.807) is 0 Å². The minimum Gasteiger partial charge on any atom is -0.480 e. The SMILES string of the molecule is COc1cnc(C(=O)Nc2ccc(F)c([C@]34COC[C@@]3(F)CSC(N)=N4)c2)cn1.Cl. The fourth-order valence-electron chi connectivity index (χ4n) is 3.34. The molecule has 2 aliphatic heterocycles. The standard InChI is InChI=1S/C18H17F2N5O3S.ClH/c1-27-14-6-22-13(5-23-14)15(26)24-10-2-3-12(19)11(4-10)18-8-28-7-17(18,20)9-29-16(21)25-18;/h2-6H,7-9H2,1H3,(H2,21,25)(H,24,26);1H/t17-,18-;/m1./s1. The predicted octanol–water partition coefficient (Wildman–Crippen LogP) is 2.29. The van der Waals surface area contributed by atoms with Crippen molar-refractivity contribution in [1.29, 1.82) is 0 Å². The van der Waals surface area contributed by atoms with Gasteiger partial charge in [-0.15, -0.1) is 12.4 Å². The topological polar surface area (TPSA) is 112 Å². The number of amides is 1. The van der Waals surface area contributed by atoms with E-state index in [0.717, 1.165) is 17.8 Å². The number of fused-ring (bicyclic) bond motifs is 1. The van der Waals surface area contributed by atoms with Gasteiger partial charge in [-0.3, -0.25) is 4.79 Å². The molecule has 1 aromatic carbocycles. The molecule has 0 saturated carbocycles. The Morgan fingerprint density at radius 3 is 2.83 bits per heavy atom. The molecule has 0 bridgehead atoms. The van der Waals surface area contributed by atoms with Gasteiger partial charge in [0.15, 0.2) is 16.4 Å². The zero-order chi connectivity index (χ0) is 20.6. The summed E-state index contributed by atoms with van der Waals surface area (Å²) in [6.45, 7) is -0.364. The molecule has 0 unspecified atom stereocenters. The molecule has 2 aromatic rings. The number of hydrogen-bond donors (Lipinski definition) is 2. The highest BCUT2D eigenvalue weighted by Crippen LogP contribution is 2.50. The Kier molecular flexibility index (Phi) is 6.16. The first-order valence-electron chi connectivity index (χ1n) is 8.59. The van der Waals surface area contributed by atoms with Crippen molar-refractivity contribution in [3.8, 4) is 5.88 Å². The van der Waals surface area contributed by atoms with Crippen LogP contribution in [-0.2, 0) is 10.3 Å². The van der Waals surface area contributed by atoms with Crippen LogP contribution in [0.2, 0.25) is 0 Å². The Balaban J connectivity index is 0.00000256. The van der Waals surface area contributed by atoms with E-state index in [9.17, 15) is 9.18 Å². The zero-order valence-electron chi connectivity index (χ0n) is 15.7. The van der Waals surface area contributed by atoms with Crippen molar-refractivity contribution in [2.24, 2.45) is 10.7 Å². The molecule has 4 rings (SSSR count). The van der Waals surface area contributed by atoms with Crippen molar-refractivity contribution in [3.63, 3.8) is 0 Å². The van der Waals surface area contributed by atoms with Crippen LogP contribution in [0.1, 0.15) is 16.1 Å². The Bertz CT molecular complexity index is 996. The number of aromatic nitrogens is 2. The van der Waals surface area contributed by atoms with Crippen LogP contribution in [0.4, 0.5) is 14.5 Å². The van der Waals surface area contributed by atoms with Crippen LogP contribution in [-0.4, -0.2) is 52.8 Å². The maximum atomic E-state index is 15.6. The summed E-state index contributed by atoms with van der Waals surface area (Å²) in [6.07, 6.45) is 2.55. The molecule has 1 aromatic heterocycles. The Labute approximate surface area is 181 Å². The predicted molar refractivity (Wildman–Crippen MR) is 111 cm³/mol. The van der Waals surface area contributed by atoms with Gasteiger partial charge in [-0.2, -0.15) is 0 Å². The van der Waals surface area contributed by atoms with Crippen LogP contribution in [0.3, 0.4) is 0 Å². The molecule has 30 heavy (non-hydrogen) atoms. The number of benzene rings is 1. The average Bonchev–Trinajstić information content (AvgIpc) is 3.06. The van der Waals surface area contributed by atoms with E-state index < -0.39 is 22.9 Å². The third-order valence-electron chi connectivity index (χ3n) is 4.87. The number of aliphatic imine (C=N–C) groups is 1. The van der Waals surface area contributed by atoms with Gasteiger partial charge in [0, 0.05) is 17.0 Å². The molecule has 0 radical (unpaired) electrons. The van der Waals surface area contributed by atoms with Crippen molar-refractivity contribution in [1.82, 2.24) is 9.97 Å². The number of carbonyl (C=O) groups excluding carboxylic acids is 1. The number of nitrogens with zero attached hydrogens (tertiary/aromatic N) is 3. The molecule has 160 valence electrons. The fourth-order valence-corrected chi connectivity index (χ4v) is 4.26. The summed E-state index contributed by atoms with van der Waals surface area (Å²) in [4.78, 5) is 24.5. The highest BCUT2D eigenvalue weighted by Gasteiger charge is 2.61. The van der Waals surface area contributed by atoms with Gasteiger partial charge in [-0.05, 0) is 18.2 Å². The second-order valence-corrected chi connectivity index (χ2v) is 7.65. The Morgan fingerprint density at radius 1 is 1.33 bits per heavy atom. The van der Waals surface area contributed by atoms with E-state index in [0.29, 0.717) is 0 Å².